The first-order valence-corrected chi connectivity index (χ1v) is 9.22. The van der Waals surface area contributed by atoms with E-state index in [1.165, 1.54) is 28.1 Å². The van der Waals surface area contributed by atoms with Gasteiger partial charge in [0.1, 0.15) is 6.33 Å². The molecule has 0 spiro atoms. The van der Waals surface area contributed by atoms with Crippen molar-refractivity contribution in [1.29, 1.82) is 0 Å². The van der Waals surface area contributed by atoms with Crippen LogP contribution in [-0.4, -0.2) is 39.6 Å². The molecular formula is C22H21N5. The Labute approximate surface area is 158 Å². The first-order valence-electron chi connectivity index (χ1n) is 9.22. The van der Waals surface area contributed by atoms with Crippen molar-refractivity contribution < 1.29 is 0 Å². The van der Waals surface area contributed by atoms with E-state index in [0.717, 1.165) is 25.3 Å². The molecule has 2 aromatic carbocycles. The second kappa shape index (κ2) is 6.52. The van der Waals surface area contributed by atoms with Crippen molar-refractivity contribution in [1.82, 2.24) is 19.5 Å². The Hall–Kier alpha value is -3.18. The number of anilines is 2. The van der Waals surface area contributed by atoms with E-state index in [-0.39, 0.29) is 0 Å². The molecule has 5 nitrogen and oxygen atoms in total. The molecule has 5 heteroatoms. The van der Waals surface area contributed by atoms with Crippen LogP contribution in [0.3, 0.4) is 0 Å². The Morgan fingerprint density at radius 3 is 2.63 bits per heavy atom. The third-order valence-corrected chi connectivity index (χ3v) is 5.21. The first kappa shape index (κ1) is 16.0. The molecule has 27 heavy (non-hydrogen) atoms. The highest BCUT2D eigenvalue weighted by Gasteiger charge is 2.19. The van der Waals surface area contributed by atoms with Gasteiger partial charge in [0.15, 0.2) is 5.65 Å². The zero-order chi connectivity index (χ0) is 18.2. The fraction of sp³-hybridized carbons (Fsp3) is 0.182. The fourth-order valence-corrected chi connectivity index (χ4v) is 3.79. The van der Waals surface area contributed by atoms with Crippen molar-refractivity contribution in [2.75, 3.05) is 25.0 Å². The van der Waals surface area contributed by atoms with Gasteiger partial charge in [0, 0.05) is 37.2 Å². The number of fused-ring (bicyclic) bond motifs is 2. The van der Waals surface area contributed by atoms with Gasteiger partial charge in [0.25, 0.3) is 0 Å². The van der Waals surface area contributed by atoms with Gasteiger partial charge >= 0.3 is 0 Å². The van der Waals surface area contributed by atoms with E-state index in [2.05, 4.69) is 87.8 Å². The van der Waals surface area contributed by atoms with Crippen LogP contribution in [0.15, 0.2) is 73.2 Å². The molecule has 3 heterocycles. The van der Waals surface area contributed by atoms with E-state index in [1.54, 1.807) is 6.33 Å². The zero-order valence-corrected chi connectivity index (χ0v) is 15.3. The molecule has 2 aromatic heterocycles. The number of hydrogen-bond donors (Lipinski definition) is 0. The largest absolute Gasteiger partial charge is 0.340 e. The monoisotopic (exact) mass is 355 g/mol. The molecule has 0 bridgehead atoms. The van der Waals surface area contributed by atoms with Crippen molar-refractivity contribution in [2.45, 2.75) is 6.54 Å². The van der Waals surface area contributed by atoms with Gasteiger partial charge in [-0.2, -0.15) is 0 Å². The lowest BCUT2D eigenvalue weighted by atomic mass is 10.0. The Balaban J connectivity index is 1.59. The van der Waals surface area contributed by atoms with Crippen LogP contribution < -0.4 is 4.90 Å². The van der Waals surface area contributed by atoms with E-state index in [1.807, 2.05) is 10.5 Å². The molecule has 4 aromatic rings. The summed E-state index contributed by atoms with van der Waals surface area (Å²) in [4.78, 5) is 4.81. The maximum atomic E-state index is 4.09. The summed E-state index contributed by atoms with van der Waals surface area (Å²) < 4.78 is 1.96. The van der Waals surface area contributed by atoms with Crippen molar-refractivity contribution in [3.8, 4) is 11.1 Å². The summed E-state index contributed by atoms with van der Waals surface area (Å²) in [6.45, 7) is 2.96. The van der Waals surface area contributed by atoms with E-state index >= 15 is 0 Å². The molecule has 0 saturated heterocycles. The quantitative estimate of drug-likeness (QED) is 0.545. The predicted octanol–water partition coefficient (Wildman–Crippen LogP) is 3.98. The second-order valence-electron chi connectivity index (χ2n) is 7.08. The lowest BCUT2D eigenvalue weighted by Gasteiger charge is -2.25. The number of nitrogens with zero attached hydrogens (tertiary/aromatic N) is 5. The van der Waals surface area contributed by atoms with Crippen LogP contribution in [0, 0.1) is 0 Å². The van der Waals surface area contributed by atoms with Crippen molar-refractivity contribution in [3.05, 3.63) is 78.8 Å². The highest BCUT2D eigenvalue weighted by Crippen LogP contribution is 2.34. The average Bonchev–Trinajstić information content (AvgIpc) is 3.10. The molecule has 1 aliphatic rings. The second-order valence-corrected chi connectivity index (χ2v) is 7.08. The van der Waals surface area contributed by atoms with Gasteiger partial charge in [0.2, 0.25) is 0 Å². The Kier molecular flexibility index (Phi) is 3.87. The van der Waals surface area contributed by atoms with Gasteiger partial charge in [-0.3, -0.25) is 4.40 Å². The van der Waals surface area contributed by atoms with Crippen LogP contribution in [0.25, 0.3) is 16.8 Å². The molecular weight excluding hydrogens is 334 g/mol. The number of rotatable bonds is 2. The normalized spacial score (nSPS) is 14.9. The van der Waals surface area contributed by atoms with Gasteiger partial charge in [-0.1, -0.05) is 24.3 Å². The third-order valence-electron chi connectivity index (χ3n) is 5.21. The third kappa shape index (κ3) is 2.96. The highest BCUT2D eigenvalue weighted by molar-refractivity contribution is 5.73. The van der Waals surface area contributed by atoms with Crippen molar-refractivity contribution in [2.24, 2.45) is 0 Å². The summed E-state index contributed by atoms with van der Waals surface area (Å²) in [5, 5.41) is 8.06. The maximum absolute atomic E-state index is 4.09. The van der Waals surface area contributed by atoms with Crippen molar-refractivity contribution in [3.63, 3.8) is 0 Å². The summed E-state index contributed by atoms with van der Waals surface area (Å²) >= 11 is 0. The molecule has 0 unspecified atom stereocenters. The fourth-order valence-electron chi connectivity index (χ4n) is 3.79. The topological polar surface area (TPSA) is 36.7 Å². The predicted molar refractivity (Wildman–Crippen MR) is 108 cm³/mol. The Bertz CT molecular complexity index is 1090. The molecule has 0 aliphatic carbocycles. The zero-order valence-electron chi connectivity index (χ0n) is 15.3. The minimum Gasteiger partial charge on any atom is -0.340 e. The number of pyridine rings is 1. The van der Waals surface area contributed by atoms with Gasteiger partial charge < -0.3 is 9.80 Å². The summed E-state index contributed by atoms with van der Waals surface area (Å²) in [6.07, 6.45) is 3.83. The summed E-state index contributed by atoms with van der Waals surface area (Å²) in [5.74, 6) is 0. The first-order chi connectivity index (χ1) is 13.3. The Morgan fingerprint density at radius 1 is 0.889 bits per heavy atom. The molecule has 1 aliphatic heterocycles. The number of benzene rings is 2. The molecule has 0 fully saturated rings. The number of aromatic nitrogens is 3. The van der Waals surface area contributed by atoms with Gasteiger partial charge in [-0.25, -0.2) is 0 Å². The van der Waals surface area contributed by atoms with Crippen LogP contribution in [0.1, 0.15) is 5.56 Å². The molecule has 0 radical (unpaired) electrons. The summed E-state index contributed by atoms with van der Waals surface area (Å²) in [6, 6.07) is 21.6. The van der Waals surface area contributed by atoms with E-state index in [9.17, 15) is 0 Å². The summed E-state index contributed by atoms with van der Waals surface area (Å²) in [7, 11) is 2.19. The molecule has 134 valence electrons. The standard InChI is InChI=1S/C22H21N5/c1-25-11-12-27(20-5-3-2-4-6-20)21-9-7-17(13-19(21)14-25)18-8-10-22-24-23-16-26(22)15-18/h2-10,13,15-16H,11-12,14H2,1H3. The van der Waals surface area contributed by atoms with Crippen molar-refractivity contribution >= 4 is 17.0 Å². The van der Waals surface area contributed by atoms with Gasteiger partial charge in [0.05, 0.1) is 0 Å². The van der Waals surface area contributed by atoms with Crippen LogP contribution in [-0.2, 0) is 6.54 Å². The smallest absolute Gasteiger partial charge is 0.160 e. The molecule has 0 N–H and O–H groups in total. The van der Waals surface area contributed by atoms with E-state index in [4.69, 9.17) is 0 Å². The van der Waals surface area contributed by atoms with Crippen LogP contribution >= 0.6 is 0 Å². The summed E-state index contributed by atoms with van der Waals surface area (Å²) in [5.41, 5.74) is 7.13. The lowest BCUT2D eigenvalue weighted by molar-refractivity contribution is 0.343. The number of hydrogen-bond acceptors (Lipinski definition) is 4. The molecule has 0 amide bonds. The molecule has 0 atom stereocenters. The number of likely N-dealkylation sites (N-methyl/N-ethyl adjacent to an activating group) is 1. The van der Waals surface area contributed by atoms with Crippen LogP contribution in [0.4, 0.5) is 11.4 Å². The maximum Gasteiger partial charge on any atom is 0.160 e. The molecule has 5 rings (SSSR count). The van der Waals surface area contributed by atoms with Gasteiger partial charge in [-0.15, -0.1) is 10.2 Å². The highest BCUT2D eigenvalue weighted by atomic mass is 15.2. The molecule has 0 saturated carbocycles. The van der Waals surface area contributed by atoms with E-state index in [0.29, 0.717) is 0 Å². The van der Waals surface area contributed by atoms with Crippen LogP contribution in [0.2, 0.25) is 0 Å². The SMILES string of the molecule is CN1CCN(c2ccccc2)c2ccc(-c3ccc4nncn4c3)cc2C1. The van der Waals surface area contributed by atoms with Gasteiger partial charge in [-0.05, 0) is 60.1 Å². The minimum absolute atomic E-state index is 0.864. The average molecular weight is 355 g/mol. The lowest BCUT2D eigenvalue weighted by Crippen LogP contribution is -2.26. The Morgan fingerprint density at radius 2 is 1.74 bits per heavy atom. The van der Waals surface area contributed by atoms with Crippen LogP contribution in [0.5, 0.6) is 0 Å². The van der Waals surface area contributed by atoms with E-state index < -0.39 is 0 Å². The minimum atomic E-state index is 0.864. The number of para-hydroxylation sites is 1.